The van der Waals surface area contributed by atoms with Crippen LogP contribution in [0.5, 0.6) is 0 Å². The molecular formula is C18H18F3NO2S2. The summed E-state index contributed by atoms with van der Waals surface area (Å²) in [6.07, 6.45) is -3.95. The standard InChI is InChI=1S/C18H18F3NO2S2/c19-18(20,21)15-7-4-8-16(13-15)26(23,24)22-10-9-17(25-12-11-22)14-5-2-1-3-6-14/h1-8,13,17H,9-12H2. The molecule has 3 rings (SSSR count). The van der Waals surface area contributed by atoms with Crippen molar-refractivity contribution in [1.82, 2.24) is 4.31 Å². The van der Waals surface area contributed by atoms with E-state index in [9.17, 15) is 21.6 Å². The molecule has 3 nitrogen and oxygen atoms in total. The fourth-order valence-electron chi connectivity index (χ4n) is 2.91. The molecule has 0 amide bonds. The topological polar surface area (TPSA) is 37.4 Å². The minimum atomic E-state index is -4.57. The van der Waals surface area contributed by atoms with E-state index in [1.54, 1.807) is 11.8 Å². The molecule has 0 aliphatic carbocycles. The number of sulfonamides is 1. The van der Waals surface area contributed by atoms with E-state index in [1.165, 1.54) is 10.4 Å². The maximum absolute atomic E-state index is 12.9. The fraction of sp³-hybridized carbons (Fsp3) is 0.333. The predicted molar refractivity (Wildman–Crippen MR) is 96.5 cm³/mol. The summed E-state index contributed by atoms with van der Waals surface area (Å²) < 4.78 is 65.6. The largest absolute Gasteiger partial charge is 0.416 e. The van der Waals surface area contributed by atoms with Gasteiger partial charge in [-0.2, -0.15) is 29.2 Å². The molecule has 0 N–H and O–H groups in total. The number of benzene rings is 2. The Bertz CT molecular complexity index is 854. The Morgan fingerprint density at radius 1 is 1.00 bits per heavy atom. The lowest BCUT2D eigenvalue weighted by Gasteiger charge is -2.20. The Labute approximate surface area is 155 Å². The van der Waals surface area contributed by atoms with Gasteiger partial charge in [0.1, 0.15) is 0 Å². The molecule has 1 unspecified atom stereocenters. The molecule has 0 aromatic heterocycles. The number of thioether (sulfide) groups is 1. The van der Waals surface area contributed by atoms with E-state index < -0.39 is 21.8 Å². The molecule has 0 saturated carbocycles. The van der Waals surface area contributed by atoms with Crippen molar-refractivity contribution in [2.24, 2.45) is 0 Å². The molecular weight excluding hydrogens is 383 g/mol. The third-order valence-electron chi connectivity index (χ3n) is 4.27. The van der Waals surface area contributed by atoms with Crippen LogP contribution in [0.2, 0.25) is 0 Å². The summed E-state index contributed by atoms with van der Waals surface area (Å²) in [4.78, 5) is -0.310. The van der Waals surface area contributed by atoms with Crippen molar-refractivity contribution in [3.63, 3.8) is 0 Å². The highest BCUT2D eigenvalue weighted by atomic mass is 32.2. The number of nitrogens with zero attached hydrogens (tertiary/aromatic N) is 1. The number of hydrogen-bond donors (Lipinski definition) is 0. The van der Waals surface area contributed by atoms with Crippen LogP contribution >= 0.6 is 11.8 Å². The van der Waals surface area contributed by atoms with Gasteiger partial charge in [-0.05, 0) is 30.2 Å². The molecule has 1 atom stereocenters. The Morgan fingerprint density at radius 3 is 2.42 bits per heavy atom. The van der Waals surface area contributed by atoms with E-state index in [0.29, 0.717) is 18.2 Å². The van der Waals surface area contributed by atoms with E-state index in [-0.39, 0.29) is 23.2 Å². The van der Waals surface area contributed by atoms with Crippen molar-refractivity contribution in [1.29, 1.82) is 0 Å². The third kappa shape index (κ3) is 4.24. The second-order valence-electron chi connectivity index (χ2n) is 5.99. The van der Waals surface area contributed by atoms with Crippen LogP contribution in [0.25, 0.3) is 0 Å². The zero-order valence-corrected chi connectivity index (χ0v) is 15.4. The van der Waals surface area contributed by atoms with Crippen LogP contribution < -0.4 is 0 Å². The normalized spacial score (nSPS) is 19.9. The monoisotopic (exact) mass is 401 g/mol. The minimum absolute atomic E-state index is 0.179. The average Bonchev–Trinajstić information content (AvgIpc) is 2.88. The molecule has 1 saturated heterocycles. The van der Waals surface area contributed by atoms with Crippen LogP contribution in [0.4, 0.5) is 13.2 Å². The highest BCUT2D eigenvalue weighted by Gasteiger charge is 2.33. The van der Waals surface area contributed by atoms with E-state index in [1.807, 2.05) is 30.3 Å². The van der Waals surface area contributed by atoms with Gasteiger partial charge in [-0.15, -0.1) is 0 Å². The third-order valence-corrected chi connectivity index (χ3v) is 7.49. The van der Waals surface area contributed by atoms with Crippen molar-refractivity contribution in [2.45, 2.75) is 22.7 Å². The van der Waals surface area contributed by atoms with Crippen molar-refractivity contribution < 1.29 is 21.6 Å². The van der Waals surface area contributed by atoms with Gasteiger partial charge in [0.05, 0.1) is 10.5 Å². The smallest absolute Gasteiger partial charge is 0.207 e. The summed E-state index contributed by atoms with van der Waals surface area (Å²) in [5, 5.41) is 0.179. The van der Waals surface area contributed by atoms with Gasteiger partial charge in [0.15, 0.2) is 0 Å². The molecule has 1 aliphatic heterocycles. The number of alkyl halides is 3. The maximum atomic E-state index is 12.9. The highest BCUT2D eigenvalue weighted by Crippen LogP contribution is 2.36. The van der Waals surface area contributed by atoms with Crippen molar-refractivity contribution in [3.05, 3.63) is 65.7 Å². The Kier molecular flexibility index (Phi) is 5.64. The van der Waals surface area contributed by atoms with Crippen molar-refractivity contribution in [3.8, 4) is 0 Å². The summed E-state index contributed by atoms with van der Waals surface area (Å²) in [7, 11) is -3.95. The Balaban J connectivity index is 1.80. The SMILES string of the molecule is O=S(=O)(c1cccc(C(F)(F)F)c1)N1CCSC(c2ccccc2)CC1. The molecule has 1 aliphatic rings. The van der Waals surface area contributed by atoms with E-state index in [4.69, 9.17) is 0 Å². The second kappa shape index (κ2) is 7.62. The molecule has 1 heterocycles. The quantitative estimate of drug-likeness (QED) is 0.756. The summed E-state index contributed by atoms with van der Waals surface area (Å²) in [5.74, 6) is 0.595. The first kappa shape index (κ1) is 19.3. The molecule has 26 heavy (non-hydrogen) atoms. The van der Waals surface area contributed by atoms with Crippen LogP contribution in [0.15, 0.2) is 59.5 Å². The molecule has 0 bridgehead atoms. The number of rotatable bonds is 3. The molecule has 1 fully saturated rings. The first-order valence-corrected chi connectivity index (χ1v) is 10.6. The molecule has 8 heteroatoms. The van der Waals surface area contributed by atoms with Gasteiger partial charge >= 0.3 is 6.18 Å². The van der Waals surface area contributed by atoms with Gasteiger partial charge in [0.2, 0.25) is 10.0 Å². The summed E-state index contributed by atoms with van der Waals surface area (Å²) in [6, 6.07) is 13.8. The lowest BCUT2D eigenvalue weighted by atomic mass is 10.1. The van der Waals surface area contributed by atoms with Gasteiger partial charge in [-0.3, -0.25) is 0 Å². The maximum Gasteiger partial charge on any atom is 0.416 e. The Hall–Kier alpha value is -1.51. The lowest BCUT2D eigenvalue weighted by molar-refractivity contribution is -0.137. The summed E-state index contributed by atoms with van der Waals surface area (Å²) in [5.41, 5.74) is 0.181. The highest BCUT2D eigenvalue weighted by molar-refractivity contribution is 7.99. The van der Waals surface area contributed by atoms with Crippen molar-refractivity contribution >= 4 is 21.8 Å². The summed E-state index contributed by atoms with van der Waals surface area (Å²) >= 11 is 1.67. The van der Waals surface area contributed by atoms with Crippen LogP contribution in [0.3, 0.4) is 0 Å². The summed E-state index contributed by atoms with van der Waals surface area (Å²) in [6.45, 7) is 0.567. The van der Waals surface area contributed by atoms with Gasteiger partial charge in [0, 0.05) is 24.1 Å². The van der Waals surface area contributed by atoms with Crippen LogP contribution in [-0.2, 0) is 16.2 Å². The van der Waals surface area contributed by atoms with Crippen LogP contribution in [-0.4, -0.2) is 31.6 Å². The van der Waals surface area contributed by atoms with Crippen LogP contribution in [0, 0.1) is 0 Å². The first-order chi connectivity index (χ1) is 12.3. The van der Waals surface area contributed by atoms with Gasteiger partial charge in [0.25, 0.3) is 0 Å². The zero-order chi connectivity index (χ0) is 18.8. The Morgan fingerprint density at radius 2 is 1.73 bits per heavy atom. The lowest BCUT2D eigenvalue weighted by Crippen LogP contribution is -2.33. The van der Waals surface area contributed by atoms with E-state index in [0.717, 1.165) is 17.7 Å². The molecule has 0 radical (unpaired) electrons. The van der Waals surface area contributed by atoms with Crippen molar-refractivity contribution in [2.75, 3.05) is 18.8 Å². The predicted octanol–water partition coefficient (Wildman–Crippen LogP) is 4.57. The molecule has 2 aromatic rings. The second-order valence-corrected chi connectivity index (χ2v) is 9.24. The van der Waals surface area contributed by atoms with Gasteiger partial charge < -0.3 is 0 Å². The number of hydrogen-bond acceptors (Lipinski definition) is 3. The van der Waals surface area contributed by atoms with E-state index in [2.05, 4.69) is 0 Å². The average molecular weight is 401 g/mol. The molecule has 2 aromatic carbocycles. The molecule has 0 spiro atoms. The first-order valence-electron chi connectivity index (χ1n) is 8.12. The fourth-order valence-corrected chi connectivity index (χ4v) is 5.76. The number of halogens is 3. The molecule has 140 valence electrons. The zero-order valence-electron chi connectivity index (χ0n) is 13.8. The minimum Gasteiger partial charge on any atom is -0.207 e. The van der Waals surface area contributed by atoms with E-state index >= 15 is 0 Å². The van der Waals surface area contributed by atoms with Gasteiger partial charge in [-0.25, -0.2) is 8.42 Å². The van der Waals surface area contributed by atoms with Gasteiger partial charge in [-0.1, -0.05) is 36.4 Å². The van der Waals surface area contributed by atoms with Crippen LogP contribution in [0.1, 0.15) is 22.8 Å².